The standard InChI is InChI=1S/C14H12.Si/c1-2-12-8-6-7-11-14(12)13-9-4-3-5-10-13;/h2-11H,1H2;. The van der Waals surface area contributed by atoms with E-state index in [1.807, 2.05) is 18.2 Å². The molecule has 0 nitrogen and oxygen atoms in total. The average Bonchev–Trinajstić information content (AvgIpc) is 2.30. The predicted molar refractivity (Wildman–Crippen MR) is 67.7 cm³/mol. The highest BCUT2D eigenvalue weighted by Crippen LogP contribution is 2.23. The van der Waals surface area contributed by atoms with Crippen molar-refractivity contribution >= 4 is 17.0 Å². The summed E-state index contributed by atoms with van der Waals surface area (Å²) in [5.74, 6) is 0. The Morgan fingerprint density at radius 3 is 2.07 bits per heavy atom. The smallest absolute Gasteiger partial charge is 0 e. The van der Waals surface area contributed by atoms with Gasteiger partial charge in [0.2, 0.25) is 0 Å². The second-order valence-corrected chi connectivity index (χ2v) is 3.16. The zero-order chi connectivity index (χ0) is 9.80. The summed E-state index contributed by atoms with van der Waals surface area (Å²) < 4.78 is 0. The molecule has 0 aromatic heterocycles. The van der Waals surface area contributed by atoms with Gasteiger partial charge in [-0.1, -0.05) is 67.3 Å². The van der Waals surface area contributed by atoms with E-state index in [2.05, 4.69) is 49.0 Å². The summed E-state index contributed by atoms with van der Waals surface area (Å²) >= 11 is 0. The van der Waals surface area contributed by atoms with Gasteiger partial charge in [0.05, 0.1) is 0 Å². The first kappa shape index (κ1) is 11.5. The molecule has 0 amide bonds. The topological polar surface area (TPSA) is 0 Å². The van der Waals surface area contributed by atoms with Crippen molar-refractivity contribution in [3.8, 4) is 11.1 Å². The fourth-order valence-corrected chi connectivity index (χ4v) is 1.56. The van der Waals surface area contributed by atoms with Crippen molar-refractivity contribution in [2.24, 2.45) is 0 Å². The van der Waals surface area contributed by atoms with Crippen LogP contribution in [0.3, 0.4) is 0 Å². The summed E-state index contributed by atoms with van der Waals surface area (Å²) in [6.45, 7) is 3.82. The third-order valence-electron chi connectivity index (χ3n) is 2.27. The molecule has 0 atom stereocenters. The highest BCUT2D eigenvalue weighted by Gasteiger charge is 1.99. The van der Waals surface area contributed by atoms with Crippen LogP contribution < -0.4 is 0 Å². The van der Waals surface area contributed by atoms with Gasteiger partial charge in [0.1, 0.15) is 0 Å². The second-order valence-electron chi connectivity index (χ2n) is 3.16. The molecule has 2 aromatic rings. The van der Waals surface area contributed by atoms with E-state index in [0.29, 0.717) is 0 Å². The summed E-state index contributed by atoms with van der Waals surface area (Å²) in [4.78, 5) is 0. The molecule has 0 aliphatic carbocycles. The lowest BCUT2D eigenvalue weighted by Gasteiger charge is -2.04. The van der Waals surface area contributed by atoms with Crippen molar-refractivity contribution in [2.75, 3.05) is 0 Å². The zero-order valence-electron chi connectivity index (χ0n) is 8.48. The van der Waals surface area contributed by atoms with Crippen molar-refractivity contribution in [3.63, 3.8) is 0 Å². The quantitative estimate of drug-likeness (QED) is 0.661. The van der Waals surface area contributed by atoms with Crippen LogP contribution in [-0.2, 0) is 0 Å². The van der Waals surface area contributed by atoms with Crippen LogP contribution in [0.15, 0.2) is 61.2 Å². The van der Waals surface area contributed by atoms with Gasteiger partial charge in [-0.3, -0.25) is 0 Å². The molecule has 2 rings (SSSR count). The van der Waals surface area contributed by atoms with Gasteiger partial charge in [0, 0.05) is 11.0 Å². The Morgan fingerprint density at radius 2 is 1.40 bits per heavy atom. The first-order chi connectivity index (χ1) is 6.92. The van der Waals surface area contributed by atoms with Crippen LogP contribution in [0.25, 0.3) is 17.2 Å². The van der Waals surface area contributed by atoms with E-state index in [0.717, 1.165) is 0 Å². The summed E-state index contributed by atoms with van der Waals surface area (Å²) in [5, 5.41) is 0. The molecule has 0 heterocycles. The predicted octanol–water partition coefficient (Wildman–Crippen LogP) is 3.62. The lowest BCUT2D eigenvalue weighted by atomic mass is 10.00. The molecule has 0 fully saturated rings. The minimum absolute atomic E-state index is 0. The van der Waals surface area contributed by atoms with E-state index < -0.39 is 0 Å². The summed E-state index contributed by atoms with van der Waals surface area (Å²) in [7, 11) is 0. The van der Waals surface area contributed by atoms with Crippen LogP contribution in [0, 0.1) is 0 Å². The maximum atomic E-state index is 3.82. The molecule has 0 aliphatic heterocycles. The summed E-state index contributed by atoms with van der Waals surface area (Å²) in [6.07, 6.45) is 1.89. The number of rotatable bonds is 2. The Hall–Kier alpha value is -1.60. The Kier molecular flexibility index (Phi) is 4.07. The summed E-state index contributed by atoms with van der Waals surface area (Å²) in [5.41, 5.74) is 3.66. The monoisotopic (exact) mass is 208 g/mol. The molecular formula is C14H12Si. The van der Waals surface area contributed by atoms with Crippen LogP contribution in [0.4, 0.5) is 0 Å². The Balaban J connectivity index is 0.00000112. The van der Waals surface area contributed by atoms with Gasteiger partial charge in [-0.2, -0.15) is 0 Å². The van der Waals surface area contributed by atoms with Crippen molar-refractivity contribution in [1.29, 1.82) is 0 Å². The van der Waals surface area contributed by atoms with Crippen molar-refractivity contribution in [2.45, 2.75) is 0 Å². The fraction of sp³-hybridized carbons (Fsp3) is 0. The highest BCUT2D eigenvalue weighted by molar-refractivity contribution is 5.75. The molecule has 72 valence electrons. The van der Waals surface area contributed by atoms with E-state index in [4.69, 9.17) is 0 Å². The van der Waals surface area contributed by atoms with E-state index in [-0.39, 0.29) is 11.0 Å². The largest absolute Gasteiger partial charge is 0.0984 e. The van der Waals surface area contributed by atoms with Crippen LogP contribution in [-0.4, -0.2) is 11.0 Å². The second kappa shape index (κ2) is 5.32. The molecule has 4 radical (unpaired) electrons. The van der Waals surface area contributed by atoms with Crippen LogP contribution in [0.5, 0.6) is 0 Å². The van der Waals surface area contributed by atoms with Gasteiger partial charge in [-0.25, -0.2) is 0 Å². The SMILES string of the molecule is C=Cc1ccccc1-c1ccccc1.[Si]. The molecule has 0 bridgehead atoms. The number of hydrogen-bond acceptors (Lipinski definition) is 0. The normalized spacial score (nSPS) is 9.07. The van der Waals surface area contributed by atoms with E-state index in [9.17, 15) is 0 Å². The van der Waals surface area contributed by atoms with Gasteiger partial charge in [-0.15, -0.1) is 0 Å². The Bertz CT molecular complexity index is 432. The highest BCUT2D eigenvalue weighted by atomic mass is 28.1. The molecule has 0 saturated heterocycles. The van der Waals surface area contributed by atoms with Crippen molar-refractivity contribution in [1.82, 2.24) is 0 Å². The van der Waals surface area contributed by atoms with Crippen LogP contribution in [0.1, 0.15) is 5.56 Å². The van der Waals surface area contributed by atoms with E-state index in [1.165, 1.54) is 16.7 Å². The molecular weight excluding hydrogens is 196 g/mol. The zero-order valence-corrected chi connectivity index (χ0v) is 9.48. The molecule has 2 aromatic carbocycles. The molecule has 0 N–H and O–H groups in total. The maximum absolute atomic E-state index is 3.82. The first-order valence-electron chi connectivity index (χ1n) is 4.68. The molecule has 0 unspecified atom stereocenters. The number of benzene rings is 2. The lowest BCUT2D eigenvalue weighted by Crippen LogP contribution is -1.81. The third-order valence-corrected chi connectivity index (χ3v) is 2.27. The minimum Gasteiger partial charge on any atom is -0.0984 e. The first-order valence-corrected chi connectivity index (χ1v) is 4.68. The third kappa shape index (κ3) is 2.45. The summed E-state index contributed by atoms with van der Waals surface area (Å²) in [6, 6.07) is 18.6. The van der Waals surface area contributed by atoms with Gasteiger partial charge in [0.25, 0.3) is 0 Å². The molecule has 0 spiro atoms. The Labute approximate surface area is 95.3 Å². The maximum Gasteiger partial charge on any atom is 0 e. The van der Waals surface area contributed by atoms with Gasteiger partial charge in [0.15, 0.2) is 0 Å². The van der Waals surface area contributed by atoms with Gasteiger partial charge in [-0.05, 0) is 16.7 Å². The van der Waals surface area contributed by atoms with Crippen LogP contribution in [0.2, 0.25) is 0 Å². The molecule has 1 heteroatoms. The minimum atomic E-state index is 0. The Morgan fingerprint density at radius 1 is 0.800 bits per heavy atom. The van der Waals surface area contributed by atoms with Crippen molar-refractivity contribution < 1.29 is 0 Å². The molecule has 0 aliphatic rings. The van der Waals surface area contributed by atoms with E-state index in [1.54, 1.807) is 0 Å². The van der Waals surface area contributed by atoms with E-state index >= 15 is 0 Å². The molecule has 0 saturated carbocycles. The average molecular weight is 208 g/mol. The fourth-order valence-electron chi connectivity index (χ4n) is 1.56. The van der Waals surface area contributed by atoms with Crippen molar-refractivity contribution in [3.05, 3.63) is 66.7 Å². The van der Waals surface area contributed by atoms with Gasteiger partial charge >= 0.3 is 0 Å². The number of hydrogen-bond donors (Lipinski definition) is 0. The van der Waals surface area contributed by atoms with Gasteiger partial charge < -0.3 is 0 Å². The molecule has 15 heavy (non-hydrogen) atoms. The van der Waals surface area contributed by atoms with Crippen LogP contribution >= 0.6 is 0 Å². The lowest BCUT2D eigenvalue weighted by molar-refractivity contribution is 1.59.